The third-order valence-electron chi connectivity index (χ3n) is 2.23. The molecule has 0 rings (SSSR count). The standard InChI is InChI=1S/C11H22O2.Ag/c1-2-3-4-5-6-7-8-9-10-11(12)13;/h2-10H2,1H3,(H,12,13);/q;+1/p-1. The first-order valence-corrected chi connectivity index (χ1v) is 5.47. The molecule has 0 aromatic heterocycles. The van der Waals surface area contributed by atoms with Crippen LogP contribution in [-0.4, -0.2) is 5.97 Å². The zero-order valence-electron chi connectivity index (χ0n) is 8.98. The molecule has 0 aliphatic carbocycles. The molecule has 2 nitrogen and oxygen atoms in total. The van der Waals surface area contributed by atoms with Crippen molar-refractivity contribution < 1.29 is 32.3 Å². The summed E-state index contributed by atoms with van der Waals surface area (Å²) in [4.78, 5) is 10.1. The van der Waals surface area contributed by atoms with E-state index in [1.807, 2.05) is 0 Å². The van der Waals surface area contributed by atoms with Crippen molar-refractivity contribution in [2.24, 2.45) is 0 Å². The summed E-state index contributed by atoms with van der Waals surface area (Å²) in [5, 5.41) is 10.1. The van der Waals surface area contributed by atoms with Crippen LogP contribution in [0.15, 0.2) is 0 Å². The average Bonchev–Trinajstić information content (AvgIpc) is 2.09. The Balaban J connectivity index is 0. The van der Waals surface area contributed by atoms with Crippen LogP contribution in [0.4, 0.5) is 0 Å². The van der Waals surface area contributed by atoms with E-state index in [-0.39, 0.29) is 28.8 Å². The Kier molecular flexibility index (Phi) is 15.7. The summed E-state index contributed by atoms with van der Waals surface area (Å²) in [6, 6.07) is 0. The molecule has 88 valence electrons. The fraction of sp³-hybridized carbons (Fsp3) is 0.909. The van der Waals surface area contributed by atoms with Crippen LogP contribution in [0.1, 0.15) is 64.7 Å². The minimum Gasteiger partial charge on any atom is -0.550 e. The van der Waals surface area contributed by atoms with Gasteiger partial charge in [-0.25, -0.2) is 0 Å². The number of aliphatic carboxylic acids is 1. The first-order chi connectivity index (χ1) is 6.27. The number of carboxylic acids is 1. The van der Waals surface area contributed by atoms with Gasteiger partial charge in [0, 0.05) is 5.97 Å². The van der Waals surface area contributed by atoms with Gasteiger partial charge >= 0.3 is 22.4 Å². The van der Waals surface area contributed by atoms with Crippen LogP contribution in [0.3, 0.4) is 0 Å². The fourth-order valence-electron chi connectivity index (χ4n) is 1.40. The molecule has 0 saturated heterocycles. The minimum atomic E-state index is -0.911. The topological polar surface area (TPSA) is 40.1 Å². The predicted molar refractivity (Wildman–Crippen MR) is 52.2 cm³/mol. The van der Waals surface area contributed by atoms with E-state index in [2.05, 4.69) is 6.92 Å². The van der Waals surface area contributed by atoms with Crippen molar-refractivity contribution in [1.82, 2.24) is 0 Å². The van der Waals surface area contributed by atoms with E-state index in [4.69, 9.17) is 0 Å². The monoisotopic (exact) mass is 292 g/mol. The zero-order valence-corrected chi connectivity index (χ0v) is 10.5. The number of hydrogen-bond donors (Lipinski definition) is 0. The van der Waals surface area contributed by atoms with Crippen LogP contribution in [0.2, 0.25) is 0 Å². The molecule has 0 aromatic carbocycles. The van der Waals surface area contributed by atoms with Crippen LogP contribution in [-0.2, 0) is 27.2 Å². The molecular formula is C11H21AgO2. The van der Waals surface area contributed by atoms with E-state index in [1.165, 1.54) is 38.5 Å². The summed E-state index contributed by atoms with van der Waals surface area (Å²) in [5.74, 6) is -0.911. The zero-order chi connectivity index (χ0) is 9.94. The van der Waals surface area contributed by atoms with Crippen molar-refractivity contribution in [2.45, 2.75) is 64.7 Å². The number of hydrogen-bond acceptors (Lipinski definition) is 2. The second-order valence-electron chi connectivity index (χ2n) is 3.60. The van der Waals surface area contributed by atoms with Crippen molar-refractivity contribution in [3.05, 3.63) is 0 Å². The summed E-state index contributed by atoms with van der Waals surface area (Å²) in [6.45, 7) is 2.21. The molecule has 0 atom stereocenters. The van der Waals surface area contributed by atoms with E-state index in [9.17, 15) is 9.90 Å². The molecule has 0 aliphatic rings. The molecule has 0 unspecified atom stereocenters. The number of rotatable bonds is 9. The average molecular weight is 293 g/mol. The van der Waals surface area contributed by atoms with Gasteiger partial charge in [-0.1, -0.05) is 51.9 Å². The van der Waals surface area contributed by atoms with Crippen LogP contribution in [0.5, 0.6) is 0 Å². The maximum atomic E-state index is 10.1. The van der Waals surface area contributed by atoms with E-state index in [0.29, 0.717) is 0 Å². The number of carbonyl (C=O) groups excluding carboxylic acids is 1. The number of carbonyl (C=O) groups is 1. The minimum absolute atomic E-state index is 0. The molecule has 0 heterocycles. The smallest absolute Gasteiger partial charge is 0.550 e. The molecule has 0 N–H and O–H groups in total. The van der Waals surface area contributed by atoms with Crippen LogP contribution >= 0.6 is 0 Å². The van der Waals surface area contributed by atoms with Gasteiger partial charge < -0.3 is 9.90 Å². The fourth-order valence-corrected chi connectivity index (χ4v) is 1.40. The Morgan fingerprint density at radius 1 is 0.929 bits per heavy atom. The first-order valence-electron chi connectivity index (χ1n) is 5.47. The SMILES string of the molecule is CCCCCCCCCCC(=O)[O-].[Ag+]. The number of unbranched alkanes of at least 4 members (excludes halogenated alkanes) is 7. The summed E-state index contributed by atoms with van der Waals surface area (Å²) in [7, 11) is 0. The maximum absolute atomic E-state index is 10.1. The van der Waals surface area contributed by atoms with Crippen LogP contribution in [0, 0.1) is 0 Å². The van der Waals surface area contributed by atoms with Crippen molar-refractivity contribution >= 4 is 5.97 Å². The van der Waals surface area contributed by atoms with Gasteiger partial charge in [0.25, 0.3) is 0 Å². The van der Waals surface area contributed by atoms with E-state index < -0.39 is 5.97 Å². The van der Waals surface area contributed by atoms with Gasteiger partial charge in [-0.2, -0.15) is 0 Å². The quantitative estimate of drug-likeness (QED) is 0.483. The number of carboxylic acid groups (broad SMARTS) is 1. The molecule has 0 saturated carbocycles. The van der Waals surface area contributed by atoms with Crippen molar-refractivity contribution in [1.29, 1.82) is 0 Å². The van der Waals surface area contributed by atoms with E-state index >= 15 is 0 Å². The second-order valence-corrected chi connectivity index (χ2v) is 3.60. The van der Waals surface area contributed by atoms with Gasteiger partial charge in [-0.15, -0.1) is 0 Å². The third-order valence-corrected chi connectivity index (χ3v) is 2.23. The summed E-state index contributed by atoms with van der Waals surface area (Å²) in [5.41, 5.74) is 0. The molecule has 0 bridgehead atoms. The van der Waals surface area contributed by atoms with Gasteiger partial charge in [0.05, 0.1) is 0 Å². The summed E-state index contributed by atoms with van der Waals surface area (Å²) in [6.07, 6.45) is 9.75. The van der Waals surface area contributed by atoms with Gasteiger partial charge in [-0.3, -0.25) is 0 Å². The molecule has 0 spiro atoms. The molecule has 0 fully saturated rings. The summed E-state index contributed by atoms with van der Waals surface area (Å²) < 4.78 is 0. The van der Waals surface area contributed by atoms with E-state index in [1.54, 1.807) is 0 Å². The Bertz CT molecular complexity index is 126. The third kappa shape index (κ3) is 14.7. The Morgan fingerprint density at radius 2 is 1.36 bits per heavy atom. The van der Waals surface area contributed by atoms with E-state index in [0.717, 1.165) is 12.8 Å². The molecule has 3 heteroatoms. The Hall–Kier alpha value is 0.210. The normalized spacial score (nSPS) is 9.50. The van der Waals surface area contributed by atoms with Gasteiger partial charge in [0.15, 0.2) is 0 Å². The Labute approximate surface area is 103 Å². The van der Waals surface area contributed by atoms with Crippen molar-refractivity contribution in [3.63, 3.8) is 0 Å². The van der Waals surface area contributed by atoms with Crippen LogP contribution in [0.25, 0.3) is 0 Å². The molecule has 0 radical (unpaired) electrons. The van der Waals surface area contributed by atoms with Crippen LogP contribution < -0.4 is 5.11 Å². The molecular weight excluding hydrogens is 272 g/mol. The molecule has 0 aromatic rings. The molecule has 0 aliphatic heterocycles. The predicted octanol–water partition coefficient (Wildman–Crippen LogP) is 2.26. The van der Waals surface area contributed by atoms with Crippen molar-refractivity contribution in [3.8, 4) is 0 Å². The van der Waals surface area contributed by atoms with Gasteiger partial charge in [-0.05, 0) is 12.8 Å². The van der Waals surface area contributed by atoms with Gasteiger partial charge in [0.1, 0.15) is 0 Å². The largest absolute Gasteiger partial charge is 1.00 e. The summed E-state index contributed by atoms with van der Waals surface area (Å²) >= 11 is 0. The van der Waals surface area contributed by atoms with Crippen molar-refractivity contribution in [2.75, 3.05) is 0 Å². The second kappa shape index (κ2) is 13.2. The molecule has 0 amide bonds. The maximum Gasteiger partial charge on any atom is 1.00 e. The first kappa shape index (κ1) is 16.6. The Morgan fingerprint density at radius 3 is 1.79 bits per heavy atom. The molecule has 14 heavy (non-hydrogen) atoms. The van der Waals surface area contributed by atoms with Gasteiger partial charge in [0.2, 0.25) is 0 Å².